The van der Waals surface area contributed by atoms with Gasteiger partial charge in [0.2, 0.25) is 0 Å². The van der Waals surface area contributed by atoms with Gasteiger partial charge < -0.3 is 15.3 Å². The van der Waals surface area contributed by atoms with Gasteiger partial charge in [0, 0.05) is 11.3 Å². The topological polar surface area (TPSA) is 77.8 Å². The zero-order chi connectivity index (χ0) is 14.6. The van der Waals surface area contributed by atoms with Crippen LogP contribution >= 0.6 is 0 Å². The lowest BCUT2D eigenvalue weighted by Crippen LogP contribution is -2.65. The Hall–Kier alpha value is -0.710. The molecular formula is C15H24O4. The predicted molar refractivity (Wildman–Crippen MR) is 71.4 cm³/mol. The van der Waals surface area contributed by atoms with E-state index >= 15 is 0 Å². The minimum atomic E-state index is -1.44. The molecule has 0 aliphatic heterocycles. The van der Waals surface area contributed by atoms with Crippen LogP contribution in [0.1, 0.15) is 40.5 Å². The smallest absolute Gasteiger partial charge is 0.160 e. The van der Waals surface area contributed by atoms with E-state index in [-0.39, 0.29) is 11.7 Å². The molecule has 1 fully saturated rings. The molecule has 1 saturated carbocycles. The number of carbonyl (C=O) groups is 1. The Morgan fingerprint density at radius 2 is 1.89 bits per heavy atom. The first-order chi connectivity index (χ1) is 8.58. The Morgan fingerprint density at radius 1 is 1.32 bits per heavy atom. The van der Waals surface area contributed by atoms with Crippen molar-refractivity contribution in [3.05, 3.63) is 11.6 Å². The Labute approximate surface area is 114 Å². The number of hydrogen-bond donors (Lipinski definition) is 3. The number of hydrogen-bond acceptors (Lipinski definition) is 4. The first-order valence-electron chi connectivity index (χ1n) is 6.82. The van der Waals surface area contributed by atoms with Gasteiger partial charge in [-0.1, -0.05) is 20.8 Å². The second-order valence-electron chi connectivity index (χ2n) is 7.15. The number of aliphatic hydroxyl groups is 3. The molecule has 108 valence electrons. The molecule has 0 aromatic rings. The van der Waals surface area contributed by atoms with Crippen LogP contribution in [-0.2, 0) is 4.79 Å². The van der Waals surface area contributed by atoms with Crippen LogP contribution in [0.25, 0.3) is 0 Å². The fourth-order valence-electron chi connectivity index (χ4n) is 4.55. The Balaban J connectivity index is 2.64. The fourth-order valence-corrected chi connectivity index (χ4v) is 4.55. The van der Waals surface area contributed by atoms with E-state index in [1.807, 2.05) is 20.8 Å². The average molecular weight is 268 g/mol. The lowest BCUT2D eigenvalue weighted by atomic mass is 9.46. The van der Waals surface area contributed by atoms with Gasteiger partial charge in [-0.3, -0.25) is 4.79 Å². The maximum Gasteiger partial charge on any atom is 0.160 e. The molecular weight excluding hydrogens is 244 g/mol. The Bertz CT molecular complexity index is 439. The van der Waals surface area contributed by atoms with Gasteiger partial charge in [0.1, 0.15) is 5.60 Å². The van der Waals surface area contributed by atoms with Gasteiger partial charge in [0.25, 0.3) is 0 Å². The van der Waals surface area contributed by atoms with Crippen LogP contribution < -0.4 is 0 Å². The second kappa shape index (κ2) is 4.14. The summed E-state index contributed by atoms with van der Waals surface area (Å²) in [5, 5.41) is 30.7. The summed E-state index contributed by atoms with van der Waals surface area (Å²) in [6.45, 7) is 6.94. The first-order valence-corrected chi connectivity index (χ1v) is 6.82. The van der Waals surface area contributed by atoms with E-state index in [1.165, 1.54) is 6.08 Å². The van der Waals surface area contributed by atoms with Crippen LogP contribution in [-0.4, -0.2) is 39.4 Å². The van der Waals surface area contributed by atoms with Gasteiger partial charge in [-0.15, -0.1) is 0 Å². The van der Waals surface area contributed by atoms with Crippen LogP contribution in [0.5, 0.6) is 0 Å². The highest BCUT2D eigenvalue weighted by molar-refractivity contribution is 5.95. The minimum Gasteiger partial charge on any atom is -0.393 e. The molecule has 0 spiro atoms. The third kappa shape index (κ3) is 1.81. The molecule has 0 radical (unpaired) electrons. The molecule has 3 N–H and O–H groups in total. The molecule has 0 saturated heterocycles. The summed E-state index contributed by atoms with van der Waals surface area (Å²) >= 11 is 0. The molecule has 2 aliphatic carbocycles. The van der Waals surface area contributed by atoms with Crippen LogP contribution in [0.2, 0.25) is 0 Å². The minimum absolute atomic E-state index is 0.00461. The lowest BCUT2D eigenvalue weighted by molar-refractivity contribution is -0.186. The quantitative estimate of drug-likeness (QED) is 0.664. The van der Waals surface area contributed by atoms with E-state index in [0.29, 0.717) is 18.4 Å². The zero-order valence-electron chi connectivity index (χ0n) is 12.1. The SMILES string of the molecule is CC1=CC(=O)[C@H]2C(C)(C)C[C@H](O)C[C@]2(C)[C@]1(O)CO. The van der Waals surface area contributed by atoms with Crippen LogP contribution in [0.3, 0.4) is 0 Å². The maximum atomic E-state index is 12.4. The molecule has 0 heterocycles. The van der Waals surface area contributed by atoms with Crippen LogP contribution in [0, 0.1) is 16.7 Å². The number of allylic oxidation sites excluding steroid dienone is 1. The van der Waals surface area contributed by atoms with E-state index in [9.17, 15) is 20.1 Å². The molecule has 4 heteroatoms. The molecule has 0 unspecified atom stereocenters. The van der Waals surface area contributed by atoms with E-state index in [1.54, 1.807) is 6.92 Å². The third-order valence-electron chi connectivity index (χ3n) is 5.31. The third-order valence-corrected chi connectivity index (χ3v) is 5.31. The summed E-state index contributed by atoms with van der Waals surface area (Å²) < 4.78 is 0. The zero-order valence-corrected chi connectivity index (χ0v) is 12.1. The number of carbonyl (C=O) groups excluding carboxylic acids is 1. The molecule has 4 atom stereocenters. The monoisotopic (exact) mass is 268 g/mol. The van der Waals surface area contributed by atoms with Crippen molar-refractivity contribution in [2.45, 2.75) is 52.2 Å². The molecule has 0 amide bonds. The molecule has 4 nitrogen and oxygen atoms in total. The van der Waals surface area contributed by atoms with E-state index in [2.05, 4.69) is 0 Å². The van der Waals surface area contributed by atoms with Gasteiger partial charge >= 0.3 is 0 Å². The summed E-state index contributed by atoms with van der Waals surface area (Å²) in [4.78, 5) is 12.4. The molecule has 2 aliphatic rings. The van der Waals surface area contributed by atoms with Gasteiger partial charge in [-0.25, -0.2) is 0 Å². The van der Waals surface area contributed by atoms with E-state index < -0.39 is 29.1 Å². The van der Waals surface area contributed by atoms with Crippen LogP contribution in [0.4, 0.5) is 0 Å². The van der Waals surface area contributed by atoms with Crippen molar-refractivity contribution >= 4 is 5.78 Å². The van der Waals surface area contributed by atoms with Crippen molar-refractivity contribution in [3.63, 3.8) is 0 Å². The largest absolute Gasteiger partial charge is 0.393 e. The molecule has 0 bridgehead atoms. The van der Waals surface area contributed by atoms with E-state index in [4.69, 9.17) is 0 Å². The molecule has 0 aromatic heterocycles. The summed E-state index contributed by atoms with van der Waals surface area (Å²) in [6.07, 6.45) is 1.76. The van der Waals surface area contributed by atoms with E-state index in [0.717, 1.165) is 0 Å². The van der Waals surface area contributed by atoms with Crippen molar-refractivity contribution in [1.29, 1.82) is 0 Å². The summed E-state index contributed by atoms with van der Waals surface area (Å²) in [6, 6.07) is 0. The fraction of sp³-hybridized carbons (Fsp3) is 0.800. The standard InChI is InChI=1S/C15H24O4/c1-9-5-11(18)12-13(2,3)6-10(17)7-14(12,4)15(9,19)8-16/h5,10,12,16-17,19H,6-8H2,1-4H3/t10-,12-,14-,15-/m0/s1. The van der Waals surface area contributed by atoms with Crippen molar-refractivity contribution in [2.75, 3.05) is 6.61 Å². The maximum absolute atomic E-state index is 12.4. The summed E-state index contributed by atoms with van der Waals surface area (Å²) in [5.41, 5.74) is -2.18. The predicted octanol–water partition coefficient (Wildman–Crippen LogP) is 1.04. The normalized spacial score (nSPS) is 45.6. The Kier molecular flexibility index (Phi) is 3.20. The molecule has 0 aromatic carbocycles. The highest BCUT2D eigenvalue weighted by Gasteiger charge is 2.63. The molecule has 2 rings (SSSR count). The van der Waals surface area contributed by atoms with Crippen molar-refractivity contribution < 1.29 is 20.1 Å². The number of fused-ring (bicyclic) bond motifs is 1. The van der Waals surface area contributed by atoms with Crippen LogP contribution in [0.15, 0.2) is 11.6 Å². The molecule has 19 heavy (non-hydrogen) atoms. The number of aliphatic hydroxyl groups excluding tert-OH is 2. The van der Waals surface area contributed by atoms with Crippen molar-refractivity contribution in [1.82, 2.24) is 0 Å². The van der Waals surface area contributed by atoms with Crippen molar-refractivity contribution in [2.24, 2.45) is 16.7 Å². The first kappa shape index (κ1) is 14.7. The van der Waals surface area contributed by atoms with Gasteiger partial charge in [0.15, 0.2) is 5.78 Å². The summed E-state index contributed by atoms with van der Waals surface area (Å²) in [7, 11) is 0. The number of ketones is 1. The summed E-state index contributed by atoms with van der Waals surface area (Å²) in [5.74, 6) is -0.390. The van der Waals surface area contributed by atoms with Crippen molar-refractivity contribution in [3.8, 4) is 0 Å². The average Bonchev–Trinajstić information content (AvgIpc) is 2.22. The second-order valence-corrected chi connectivity index (χ2v) is 7.15. The lowest BCUT2D eigenvalue weighted by Gasteiger charge is -2.59. The Morgan fingerprint density at radius 3 is 2.42 bits per heavy atom. The van der Waals surface area contributed by atoms with Gasteiger partial charge in [-0.2, -0.15) is 0 Å². The van der Waals surface area contributed by atoms with Gasteiger partial charge in [0.05, 0.1) is 12.7 Å². The number of rotatable bonds is 1. The van der Waals surface area contributed by atoms with Gasteiger partial charge in [-0.05, 0) is 36.8 Å². The highest BCUT2D eigenvalue weighted by atomic mass is 16.3. The highest BCUT2D eigenvalue weighted by Crippen LogP contribution is 2.59.